The Bertz CT molecular complexity index is 2160. The Morgan fingerprint density at radius 1 is 1.07 bits per heavy atom. The Labute approximate surface area is 350 Å². The lowest BCUT2D eigenvalue weighted by Gasteiger charge is -2.44. The van der Waals surface area contributed by atoms with Crippen molar-refractivity contribution in [1.82, 2.24) is 4.90 Å². The summed E-state index contributed by atoms with van der Waals surface area (Å²) in [5, 5.41) is 46.1. The van der Waals surface area contributed by atoms with Gasteiger partial charge >= 0.3 is 5.97 Å². The predicted octanol–water partition coefficient (Wildman–Crippen LogP) is 2.46. The van der Waals surface area contributed by atoms with Gasteiger partial charge in [-0.3, -0.25) is 14.6 Å². The van der Waals surface area contributed by atoms with Gasteiger partial charge in [0.2, 0.25) is 5.76 Å². The van der Waals surface area contributed by atoms with Crippen molar-refractivity contribution in [3.8, 4) is 17.2 Å². The Morgan fingerprint density at radius 3 is 2.55 bits per heavy atom. The topological polar surface area (TPSA) is 194 Å². The zero-order valence-electron chi connectivity index (χ0n) is 34.9. The quantitative estimate of drug-likeness (QED) is 0.103. The third-order valence-corrected chi connectivity index (χ3v) is 13.1. The van der Waals surface area contributed by atoms with Crippen LogP contribution in [0.5, 0.6) is 17.2 Å². The van der Waals surface area contributed by atoms with Crippen molar-refractivity contribution in [2.75, 3.05) is 66.8 Å². The highest BCUT2D eigenvalue weighted by Crippen LogP contribution is 2.57. The summed E-state index contributed by atoms with van der Waals surface area (Å²) in [7, 11) is 3.18. The number of esters is 1. The molecule has 4 aliphatic heterocycles. The maximum atomic E-state index is 14.0. The third-order valence-electron chi connectivity index (χ3n) is 13.1. The minimum absolute atomic E-state index is 0.00646. The maximum absolute atomic E-state index is 14.0. The second kappa shape index (κ2) is 19.1. The van der Waals surface area contributed by atoms with Gasteiger partial charge in [-0.15, -0.1) is 0 Å². The van der Waals surface area contributed by atoms with Crippen LogP contribution >= 0.6 is 0 Å². The van der Waals surface area contributed by atoms with Crippen molar-refractivity contribution < 1.29 is 58.5 Å². The number of methoxy groups -OCH3 is 2. The number of Topliss-reactive ketones (excluding diaryl/α,β-unsaturated/α-hetero) is 1. The van der Waals surface area contributed by atoms with Gasteiger partial charge in [-0.05, 0) is 100 Å². The second-order valence-corrected chi connectivity index (χ2v) is 16.4. The lowest BCUT2D eigenvalue weighted by molar-refractivity contribution is -0.141. The molecule has 14 nitrogen and oxygen atoms in total. The van der Waals surface area contributed by atoms with E-state index in [9.17, 15) is 34.8 Å². The highest BCUT2D eigenvalue weighted by Gasteiger charge is 2.51. The molecule has 2 aromatic carbocycles. The number of allylic oxidation sites excluding steroid dienone is 3. The number of fused-ring (bicyclic) bond motifs is 3. The van der Waals surface area contributed by atoms with Crippen molar-refractivity contribution in [3.05, 3.63) is 67.9 Å². The van der Waals surface area contributed by atoms with Crippen molar-refractivity contribution in [1.29, 1.82) is 0 Å². The predicted molar refractivity (Wildman–Crippen MR) is 220 cm³/mol. The molecule has 60 heavy (non-hydrogen) atoms. The van der Waals surface area contributed by atoms with Crippen LogP contribution in [0.15, 0.2) is 40.1 Å². The van der Waals surface area contributed by atoms with Crippen molar-refractivity contribution in [2.45, 2.75) is 88.9 Å². The first kappa shape index (κ1) is 43.6. The van der Waals surface area contributed by atoms with Gasteiger partial charge in [0.1, 0.15) is 34.7 Å². The van der Waals surface area contributed by atoms with E-state index in [2.05, 4.69) is 9.89 Å². The molecule has 1 saturated heterocycles. The van der Waals surface area contributed by atoms with E-state index >= 15 is 0 Å². The van der Waals surface area contributed by atoms with Gasteiger partial charge in [-0.2, -0.15) is 0 Å². The molecule has 5 aliphatic rings. The van der Waals surface area contributed by atoms with E-state index in [0.717, 1.165) is 55.0 Å². The Hall–Kier alpha value is -4.44. The first-order valence-corrected chi connectivity index (χ1v) is 21.3. The molecular formula is C46H58N2O12. The number of unbranched alkanes of at least 4 members (excludes halogenated alkanes) is 1. The molecule has 4 N–H and O–H groups in total. The molecule has 2 fully saturated rings. The van der Waals surface area contributed by atoms with E-state index in [4.69, 9.17) is 23.7 Å². The number of rotatable bonds is 17. The van der Waals surface area contributed by atoms with E-state index < -0.39 is 42.7 Å². The number of hydrogen-bond donors (Lipinski definition) is 4. The van der Waals surface area contributed by atoms with Gasteiger partial charge in [0.05, 0.1) is 55.5 Å². The number of nitrogens with zero attached hydrogens (tertiary/aromatic N) is 2. The van der Waals surface area contributed by atoms with Gasteiger partial charge in [-0.1, -0.05) is 17.7 Å². The molecule has 0 spiro atoms. The van der Waals surface area contributed by atoms with E-state index in [1.165, 1.54) is 7.11 Å². The van der Waals surface area contributed by atoms with Crippen LogP contribution < -0.4 is 24.8 Å². The van der Waals surface area contributed by atoms with Gasteiger partial charge in [0.15, 0.2) is 6.29 Å². The molecule has 0 aromatic heterocycles. The Balaban J connectivity index is 1.36. The van der Waals surface area contributed by atoms with Crippen LogP contribution in [0.4, 0.5) is 0 Å². The molecule has 2 aromatic rings. The minimum Gasteiger partial charge on any atom is -0.496 e. The van der Waals surface area contributed by atoms with Crippen LogP contribution in [0.25, 0.3) is 11.6 Å². The zero-order valence-corrected chi connectivity index (χ0v) is 34.9. The van der Waals surface area contributed by atoms with Crippen molar-refractivity contribution in [2.24, 2.45) is 16.8 Å². The highest BCUT2D eigenvalue weighted by atomic mass is 16.6. The fourth-order valence-corrected chi connectivity index (χ4v) is 10.0. The molecule has 0 amide bonds. The number of benzene rings is 2. The molecule has 4 heterocycles. The summed E-state index contributed by atoms with van der Waals surface area (Å²) in [6, 6.07) is 5.69. The van der Waals surface area contributed by atoms with Crippen molar-refractivity contribution in [3.63, 3.8) is 0 Å². The van der Waals surface area contributed by atoms with E-state index in [1.54, 1.807) is 14.0 Å². The Kier molecular flexibility index (Phi) is 13.9. The molecular weight excluding hydrogens is 773 g/mol. The van der Waals surface area contributed by atoms with E-state index in [-0.39, 0.29) is 78.3 Å². The highest BCUT2D eigenvalue weighted by molar-refractivity contribution is 6.11. The van der Waals surface area contributed by atoms with Gasteiger partial charge in [-0.25, -0.2) is 4.79 Å². The normalized spacial score (nSPS) is 23.7. The van der Waals surface area contributed by atoms with Gasteiger partial charge in [0.25, 0.3) is 0 Å². The van der Waals surface area contributed by atoms with E-state index in [0.29, 0.717) is 61.0 Å². The smallest absolute Gasteiger partial charge is 0.375 e. The molecule has 1 aliphatic carbocycles. The monoisotopic (exact) mass is 830 g/mol. The number of carbonyl (C=O) groups is 3. The van der Waals surface area contributed by atoms with Crippen LogP contribution in [0, 0.1) is 11.8 Å². The number of ketones is 1. The molecule has 1 saturated carbocycles. The molecule has 0 radical (unpaired) electrons. The molecule has 7 rings (SSSR count). The van der Waals surface area contributed by atoms with E-state index in [1.807, 2.05) is 24.3 Å². The van der Waals surface area contributed by atoms with Crippen LogP contribution in [-0.4, -0.2) is 122 Å². The first-order chi connectivity index (χ1) is 29.1. The molecule has 0 bridgehead atoms. The zero-order chi connectivity index (χ0) is 42.6. The summed E-state index contributed by atoms with van der Waals surface area (Å²) >= 11 is 0. The lowest BCUT2D eigenvalue weighted by Crippen LogP contribution is -2.54. The van der Waals surface area contributed by atoms with Gasteiger partial charge < -0.3 is 49.0 Å². The van der Waals surface area contributed by atoms with Crippen LogP contribution in [-0.2, 0) is 36.9 Å². The number of hydrogen-bond acceptors (Lipinski definition) is 14. The number of ether oxygens (including phenoxy) is 5. The van der Waals surface area contributed by atoms with Crippen LogP contribution in [0.3, 0.4) is 0 Å². The second-order valence-electron chi connectivity index (χ2n) is 16.4. The summed E-state index contributed by atoms with van der Waals surface area (Å²) < 4.78 is 30.0. The summed E-state index contributed by atoms with van der Waals surface area (Å²) in [5.41, 5.74) is 1.34. The average molecular weight is 831 g/mol. The standard InChI is InChI=1S/C46H58N2O12/c1-4-58-45(54)44-34(25-51)38(29-21-30(24-50)40(53)32(22-29)27-8-9-36-28(20-27)10-14-47-36)39-42(57-3)33-23-37(59-41(33)35(26-52)43(39)60-44)46(55,13-5-6-18-49)31-11-16-48(17-12-31)15-7-19-56-2/h8-10,20,25,30-32,37,49-50,52,55H,4-7,11-19,21-24,26H2,1-3H3/b38-29+/t30-,32-,37+,46-/m1/s1. The minimum atomic E-state index is -1.32. The molecule has 4 atom stereocenters. The molecule has 324 valence electrons. The number of likely N-dealkylation sites (tertiary alicyclic amines) is 1. The largest absolute Gasteiger partial charge is 0.496 e. The summed E-state index contributed by atoms with van der Waals surface area (Å²) in [5.74, 6) is -2.44. The third kappa shape index (κ3) is 8.17. The Morgan fingerprint density at radius 2 is 1.87 bits per heavy atom. The first-order valence-electron chi connectivity index (χ1n) is 21.3. The number of aliphatic hydroxyl groups is 4. The molecule has 14 heteroatoms. The summed E-state index contributed by atoms with van der Waals surface area (Å²) in [6.07, 6.45) is 6.04. The fraction of sp³-hybridized carbons (Fsp3) is 0.565. The van der Waals surface area contributed by atoms with Crippen LogP contribution in [0.1, 0.15) is 86.5 Å². The van der Waals surface area contributed by atoms with Crippen LogP contribution in [0.2, 0.25) is 0 Å². The molecule has 0 unspecified atom stereocenters. The fourth-order valence-electron chi connectivity index (χ4n) is 10.0. The van der Waals surface area contributed by atoms with Gasteiger partial charge in [0, 0.05) is 56.3 Å². The van der Waals surface area contributed by atoms with Crippen molar-refractivity contribution >= 4 is 29.7 Å². The average Bonchev–Trinajstić information content (AvgIpc) is 3.93. The number of aldehydes is 1. The number of carbonyl (C=O) groups excluding carboxylic acids is 3. The lowest BCUT2D eigenvalue weighted by atomic mass is 9.71. The number of piperidine rings is 1. The summed E-state index contributed by atoms with van der Waals surface area (Å²) in [4.78, 5) is 47.9. The SMILES string of the molecule is CCOC(=O)C1=C(C=O)/C(=C2/C[C@H](CO)C(=O)[C@@H](c3ccc4c(c3)=CCN=4)C2)c2c(OC)c3c(c(CO)c2O1)O[C@H]([C@@](O)(CCCCO)C1CCN(CCCOC)CC1)C3. The summed E-state index contributed by atoms with van der Waals surface area (Å²) in [6.45, 7) is 4.31. The maximum Gasteiger partial charge on any atom is 0.375 e. The number of aliphatic hydroxyl groups excluding tert-OH is 3.